The highest BCUT2D eigenvalue weighted by atomic mass is 35.5. The summed E-state index contributed by atoms with van der Waals surface area (Å²) in [5.41, 5.74) is -6.80. The van der Waals surface area contributed by atoms with E-state index < -0.39 is 66.0 Å². The number of nitrogens with one attached hydrogen (secondary N) is 1. The minimum atomic E-state index is -5.16. The Balaban J connectivity index is 2.59. The number of unbranched alkanes of at least 4 members (excludes halogenated alkanes) is 1. The summed E-state index contributed by atoms with van der Waals surface area (Å²) in [7, 11) is -3.12. The van der Waals surface area contributed by atoms with Crippen LogP contribution >= 0.6 is 11.6 Å². The van der Waals surface area contributed by atoms with Crippen LogP contribution in [0, 0.1) is 5.82 Å². The predicted octanol–water partition coefficient (Wildman–Crippen LogP) is 1.23. The summed E-state index contributed by atoms with van der Waals surface area (Å²) in [5, 5.41) is -0.590. The fraction of sp³-hybridized carbons (Fsp3) is 0.353. The lowest BCUT2D eigenvalue weighted by Gasteiger charge is -2.18. The van der Waals surface area contributed by atoms with Gasteiger partial charge in [-0.1, -0.05) is 24.9 Å². The molecule has 0 radical (unpaired) electrons. The minimum absolute atomic E-state index is 0.0393. The smallest absolute Gasteiger partial charge is 0.335 e. The summed E-state index contributed by atoms with van der Waals surface area (Å²) < 4.78 is 80.0. The zero-order valence-electron chi connectivity index (χ0n) is 17.1. The van der Waals surface area contributed by atoms with Gasteiger partial charge in [0.2, 0.25) is 0 Å². The number of nitrogen functional groups attached to an aromatic ring is 1. The standard InChI is InChI=1S/C17H18ClF4N5O5S/c1-3-4-5-25(2)33(31,32)24-15(29)9-6-12(11(19)7-10(9)18)26-14(28)8-13(17(20,21)22)27(23)16(26)30/h6-8H,3-5,23H2,1-2H3,(H,24,29). The van der Waals surface area contributed by atoms with Gasteiger partial charge in [-0.2, -0.15) is 25.9 Å². The van der Waals surface area contributed by atoms with Gasteiger partial charge >= 0.3 is 22.1 Å². The molecule has 0 bridgehead atoms. The predicted molar refractivity (Wildman–Crippen MR) is 110 cm³/mol. The zero-order chi connectivity index (χ0) is 25.3. The van der Waals surface area contributed by atoms with Gasteiger partial charge in [-0.15, -0.1) is 0 Å². The summed E-state index contributed by atoms with van der Waals surface area (Å²) in [6, 6.07) is 0.997. The van der Waals surface area contributed by atoms with E-state index in [0.29, 0.717) is 25.0 Å². The number of alkyl halides is 3. The first-order chi connectivity index (χ1) is 15.1. The van der Waals surface area contributed by atoms with Crippen molar-refractivity contribution in [1.29, 1.82) is 0 Å². The lowest BCUT2D eigenvalue weighted by Crippen LogP contribution is -2.45. The van der Waals surface area contributed by atoms with E-state index in [2.05, 4.69) is 0 Å². The topological polar surface area (TPSA) is 136 Å². The van der Waals surface area contributed by atoms with Crippen molar-refractivity contribution in [3.63, 3.8) is 0 Å². The highest BCUT2D eigenvalue weighted by molar-refractivity contribution is 7.87. The van der Waals surface area contributed by atoms with Crippen LogP contribution in [0.3, 0.4) is 0 Å². The van der Waals surface area contributed by atoms with Crippen molar-refractivity contribution in [2.75, 3.05) is 19.4 Å². The number of halogens is 5. The molecule has 0 saturated carbocycles. The Morgan fingerprint density at radius 1 is 1.24 bits per heavy atom. The molecule has 0 atom stereocenters. The number of hydrogen-bond acceptors (Lipinski definition) is 6. The summed E-state index contributed by atoms with van der Waals surface area (Å²) >= 11 is 5.82. The first-order valence-corrected chi connectivity index (χ1v) is 10.9. The number of nitrogens with zero attached hydrogens (tertiary/aromatic N) is 3. The lowest BCUT2D eigenvalue weighted by molar-refractivity contribution is -0.143. The maximum atomic E-state index is 14.5. The van der Waals surface area contributed by atoms with Crippen LogP contribution in [0.15, 0.2) is 27.8 Å². The van der Waals surface area contributed by atoms with Crippen LogP contribution < -0.4 is 21.8 Å². The van der Waals surface area contributed by atoms with E-state index in [1.165, 1.54) is 7.05 Å². The summed E-state index contributed by atoms with van der Waals surface area (Å²) in [6.07, 6.45) is -4.00. The molecule has 0 unspecified atom stereocenters. The van der Waals surface area contributed by atoms with Gasteiger partial charge in [-0.05, 0) is 18.6 Å². The van der Waals surface area contributed by atoms with Gasteiger partial charge < -0.3 is 5.84 Å². The summed E-state index contributed by atoms with van der Waals surface area (Å²) in [5.74, 6) is 2.42. The van der Waals surface area contributed by atoms with Gasteiger partial charge in [0.05, 0.1) is 16.3 Å². The van der Waals surface area contributed by atoms with Crippen LogP contribution in [0.5, 0.6) is 0 Å². The first kappa shape index (κ1) is 26.3. The average molecular weight is 516 g/mol. The molecule has 0 aliphatic rings. The Labute approximate surface area is 189 Å². The number of amides is 1. The summed E-state index contributed by atoms with van der Waals surface area (Å²) in [6.45, 7) is 1.90. The lowest BCUT2D eigenvalue weighted by atomic mass is 10.1. The number of nitrogens with two attached hydrogens (primary N) is 1. The van der Waals surface area contributed by atoms with E-state index in [4.69, 9.17) is 17.4 Å². The van der Waals surface area contributed by atoms with Gasteiger partial charge in [0.15, 0.2) is 5.69 Å². The SMILES string of the molecule is CCCCN(C)S(=O)(=O)NC(=O)c1cc(-n2c(=O)cc(C(F)(F)F)n(N)c2=O)c(F)cc1Cl. The highest BCUT2D eigenvalue weighted by Crippen LogP contribution is 2.27. The quantitative estimate of drug-likeness (QED) is 0.420. The van der Waals surface area contributed by atoms with Crippen molar-refractivity contribution in [3.8, 4) is 5.69 Å². The molecule has 2 rings (SSSR count). The van der Waals surface area contributed by atoms with Crippen LogP contribution in [0.4, 0.5) is 17.6 Å². The maximum absolute atomic E-state index is 14.5. The molecule has 1 aromatic heterocycles. The normalized spacial score (nSPS) is 12.2. The van der Waals surface area contributed by atoms with Gasteiger partial charge in [0.1, 0.15) is 5.82 Å². The molecule has 0 aliphatic heterocycles. The van der Waals surface area contributed by atoms with Gasteiger partial charge in [0.25, 0.3) is 11.5 Å². The Bertz CT molecular complexity index is 1310. The molecule has 1 aromatic carbocycles. The second-order valence-corrected chi connectivity index (χ2v) is 8.93. The molecule has 33 heavy (non-hydrogen) atoms. The third kappa shape index (κ3) is 5.54. The number of carbonyl (C=O) groups is 1. The first-order valence-electron chi connectivity index (χ1n) is 9.11. The fourth-order valence-corrected chi connectivity index (χ4v) is 3.74. The molecule has 1 heterocycles. The Kier molecular flexibility index (Phi) is 7.60. The average Bonchev–Trinajstić information content (AvgIpc) is 2.68. The minimum Gasteiger partial charge on any atom is -0.335 e. The van der Waals surface area contributed by atoms with Crippen molar-refractivity contribution in [2.45, 2.75) is 25.9 Å². The second-order valence-electron chi connectivity index (χ2n) is 6.75. The van der Waals surface area contributed by atoms with E-state index in [0.717, 1.165) is 4.31 Å². The molecule has 0 fully saturated rings. The van der Waals surface area contributed by atoms with Crippen molar-refractivity contribution < 1.29 is 30.8 Å². The van der Waals surface area contributed by atoms with Crippen LogP contribution in [0.1, 0.15) is 35.8 Å². The maximum Gasteiger partial charge on any atom is 0.433 e. The molecule has 3 N–H and O–H groups in total. The van der Waals surface area contributed by atoms with E-state index in [1.54, 1.807) is 4.72 Å². The molecular formula is C17H18ClF4N5O5S. The molecule has 2 aromatic rings. The highest BCUT2D eigenvalue weighted by Gasteiger charge is 2.36. The van der Waals surface area contributed by atoms with Crippen LogP contribution in [0.25, 0.3) is 5.69 Å². The number of benzene rings is 1. The summed E-state index contributed by atoms with van der Waals surface area (Å²) in [4.78, 5) is 37.0. The van der Waals surface area contributed by atoms with E-state index >= 15 is 0 Å². The van der Waals surface area contributed by atoms with Crippen molar-refractivity contribution in [3.05, 3.63) is 61.1 Å². The van der Waals surface area contributed by atoms with Crippen LogP contribution in [-0.4, -0.2) is 41.5 Å². The number of hydrogen-bond donors (Lipinski definition) is 2. The van der Waals surface area contributed by atoms with Gasteiger partial charge in [0, 0.05) is 19.7 Å². The molecule has 1 amide bonds. The Hall–Kier alpha value is -2.91. The molecule has 16 heteroatoms. The fourth-order valence-electron chi connectivity index (χ4n) is 2.63. The van der Waals surface area contributed by atoms with Crippen LogP contribution in [-0.2, 0) is 16.4 Å². The molecule has 0 saturated heterocycles. The van der Waals surface area contributed by atoms with Gasteiger partial charge in [-0.3, -0.25) is 9.59 Å². The largest absolute Gasteiger partial charge is 0.433 e. The monoisotopic (exact) mass is 515 g/mol. The van der Waals surface area contributed by atoms with Crippen molar-refractivity contribution in [2.24, 2.45) is 0 Å². The third-order valence-electron chi connectivity index (χ3n) is 4.41. The van der Waals surface area contributed by atoms with E-state index in [1.807, 2.05) is 6.92 Å². The number of carbonyl (C=O) groups excluding carboxylic acids is 1. The molecule has 182 valence electrons. The van der Waals surface area contributed by atoms with E-state index in [-0.39, 0.29) is 17.2 Å². The van der Waals surface area contributed by atoms with Crippen molar-refractivity contribution >= 4 is 27.7 Å². The van der Waals surface area contributed by atoms with E-state index in [9.17, 15) is 40.4 Å². The van der Waals surface area contributed by atoms with Crippen LogP contribution in [0.2, 0.25) is 5.02 Å². The Morgan fingerprint density at radius 2 is 1.85 bits per heavy atom. The zero-order valence-corrected chi connectivity index (χ0v) is 18.7. The third-order valence-corrected chi connectivity index (χ3v) is 6.17. The molecular weight excluding hydrogens is 498 g/mol. The van der Waals surface area contributed by atoms with Crippen molar-refractivity contribution in [1.82, 2.24) is 18.3 Å². The van der Waals surface area contributed by atoms with Gasteiger partial charge in [-0.25, -0.2) is 23.2 Å². The number of aromatic nitrogens is 2. The molecule has 10 nitrogen and oxygen atoms in total. The Morgan fingerprint density at radius 3 is 2.39 bits per heavy atom. The molecule has 0 aliphatic carbocycles. The second kappa shape index (κ2) is 9.52. The number of rotatable bonds is 7. The molecule has 0 spiro atoms.